The van der Waals surface area contributed by atoms with Crippen LogP contribution in [0.25, 0.3) is 0 Å². The summed E-state index contributed by atoms with van der Waals surface area (Å²) < 4.78 is 33.4. The SMILES string of the molecule is C=CC(=O)OC1C2CC3C(C)(S2)C1OS3(=O)=O. The maximum Gasteiger partial charge on any atom is 0.330 e. The molecule has 0 aliphatic carbocycles. The van der Waals surface area contributed by atoms with Crippen molar-refractivity contribution in [3.05, 3.63) is 12.7 Å². The first kappa shape index (κ1) is 11.6. The maximum absolute atomic E-state index is 11.8. The van der Waals surface area contributed by atoms with Gasteiger partial charge in [0.1, 0.15) is 17.5 Å². The quantitative estimate of drug-likeness (QED) is 0.414. The zero-order valence-electron chi connectivity index (χ0n) is 9.16. The number of carbonyl (C=O) groups excluding carboxylic acids is 1. The molecule has 0 amide bonds. The molecule has 17 heavy (non-hydrogen) atoms. The van der Waals surface area contributed by atoms with E-state index in [1.807, 2.05) is 6.92 Å². The number of esters is 1. The minimum Gasteiger partial charge on any atom is -0.455 e. The van der Waals surface area contributed by atoms with Gasteiger partial charge in [0, 0.05) is 11.3 Å². The number of rotatable bonds is 2. The molecule has 0 aromatic carbocycles. The van der Waals surface area contributed by atoms with Crippen molar-refractivity contribution in [3.8, 4) is 0 Å². The summed E-state index contributed by atoms with van der Waals surface area (Å²) >= 11 is 1.56. The molecular formula is C10H12O5S2. The van der Waals surface area contributed by atoms with Crippen molar-refractivity contribution in [1.29, 1.82) is 0 Å². The third-order valence-electron chi connectivity index (χ3n) is 3.73. The minimum atomic E-state index is -3.50. The van der Waals surface area contributed by atoms with E-state index < -0.39 is 38.3 Å². The number of hydrogen-bond acceptors (Lipinski definition) is 6. The molecule has 0 radical (unpaired) electrons. The van der Waals surface area contributed by atoms with Gasteiger partial charge in [-0.25, -0.2) is 4.79 Å². The van der Waals surface area contributed by atoms with Crippen LogP contribution in [-0.2, 0) is 23.8 Å². The van der Waals surface area contributed by atoms with Crippen LogP contribution in [0.15, 0.2) is 12.7 Å². The van der Waals surface area contributed by atoms with Crippen molar-refractivity contribution < 1.29 is 22.1 Å². The fourth-order valence-electron chi connectivity index (χ4n) is 2.95. The predicted molar refractivity (Wildman–Crippen MR) is 62.1 cm³/mol. The molecule has 3 aliphatic rings. The van der Waals surface area contributed by atoms with Gasteiger partial charge >= 0.3 is 5.97 Å². The Balaban J connectivity index is 1.94. The predicted octanol–water partition coefficient (Wildman–Crippen LogP) is 0.459. The monoisotopic (exact) mass is 276 g/mol. The summed E-state index contributed by atoms with van der Waals surface area (Å²) in [6.07, 6.45) is 0.545. The summed E-state index contributed by atoms with van der Waals surface area (Å²) in [7, 11) is -3.50. The molecule has 7 heteroatoms. The molecular weight excluding hydrogens is 264 g/mol. The van der Waals surface area contributed by atoms with Crippen molar-refractivity contribution in [3.63, 3.8) is 0 Å². The lowest BCUT2D eigenvalue weighted by molar-refractivity contribution is -0.147. The van der Waals surface area contributed by atoms with E-state index in [-0.39, 0.29) is 5.25 Å². The zero-order chi connectivity index (χ0) is 12.4. The Morgan fingerprint density at radius 3 is 3.00 bits per heavy atom. The topological polar surface area (TPSA) is 69.7 Å². The van der Waals surface area contributed by atoms with Gasteiger partial charge in [0.2, 0.25) is 0 Å². The molecule has 0 N–H and O–H groups in total. The molecule has 3 fully saturated rings. The average molecular weight is 276 g/mol. The van der Waals surface area contributed by atoms with E-state index in [9.17, 15) is 13.2 Å². The largest absolute Gasteiger partial charge is 0.455 e. The maximum atomic E-state index is 11.8. The van der Waals surface area contributed by atoms with Crippen LogP contribution in [0.3, 0.4) is 0 Å². The second-order valence-corrected chi connectivity index (χ2v) is 8.15. The van der Waals surface area contributed by atoms with Gasteiger partial charge in [0.05, 0.1) is 4.75 Å². The molecule has 0 spiro atoms. The van der Waals surface area contributed by atoms with Crippen LogP contribution in [0.2, 0.25) is 0 Å². The Morgan fingerprint density at radius 2 is 2.35 bits per heavy atom. The van der Waals surface area contributed by atoms with Crippen molar-refractivity contribution in [2.24, 2.45) is 0 Å². The number of ether oxygens (including phenoxy) is 1. The first-order valence-corrected chi connectivity index (χ1v) is 7.66. The number of thioether (sulfide) groups is 1. The molecule has 94 valence electrons. The Labute approximate surface area is 104 Å². The molecule has 0 saturated carbocycles. The molecule has 0 aromatic rings. The Kier molecular flexibility index (Phi) is 2.22. The second kappa shape index (κ2) is 3.27. The molecule has 3 heterocycles. The lowest BCUT2D eigenvalue weighted by Crippen LogP contribution is -2.47. The summed E-state index contributed by atoms with van der Waals surface area (Å²) in [6, 6.07) is 0. The summed E-state index contributed by atoms with van der Waals surface area (Å²) in [5.74, 6) is -0.531. The molecule has 3 saturated heterocycles. The van der Waals surface area contributed by atoms with Gasteiger partial charge in [-0.3, -0.25) is 4.18 Å². The third kappa shape index (κ3) is 1.36. The number of hydrogen-bond donors (Lipinski definition) is 0. The van der Waals surface area contributed by atoms with E-state index >= 15 is 0 Å². The van der Waals surface area contributed by atoms with Crippen LogP contribution in [-0.4, -0.2) is 41.8 Å². The molecule has 3 aliphatic heterocycles. The normalized spacial score (nSPS) is 49.2. The summed E-state index contributed by atoms with van der Waals surface area (Å²) in [5.41, 5.74) is 0. The van der Waals surface area contributed by atoms with Gasteiger partial charge in [0.25, 0.3) is 10.1 Å². The van der Waals surface area contributed by atoms with Gasteiger partial charge < -0.3 is 4.74 Å². The fraction of sp³-hybridized carbons (Fsp3) is 0.700. The van der Waals surface area contributed by atoms with Crippen LogP contribution >= 0.6 is 11.8 Å². The highest BCUT2D eigenvalue weighted by Gasteiger charge is 2.73. The Morgan fingerprint density at radius 1 is 1.65 bits per heavy atom. The highest BCUT2D eigenvalue weighted by molar-refractivity contribution is 8.03. The standard InChI is InChI=1S/C10H12O5S2/c1-3-7(11)14-8-5-4-6-10(2,16-5)9(8)15-17(6,12)13/h3,5-6,8-9H,1,4H2,2H3. The van der Waals surface area contributed by atoms with Gasteiger partial charge in [-0.1, -0.05) is 6.58 Å². The van der Waals surface area contributed by atoms with Crippen molar-refractivity contribution in [2.75, 3.05) is 0 Å². The van der Waals surface area contributed by atoms with E-state index in [0.29, 0.717) is 6.42 Å². The van der Waals surface area contributed by atoms with Crippen LogP contribution < -0.4 is 0 Å². The average Bonchev–Trinajstić information content (AvgIpc) is 2.74. The van der Waals surface area contributed by atoms with Crippen molar-refractivity contribution in [2.45, 2.75) is 40.8 Å². The summed E-state index contributed by atoms with van der Waals surface area (Å²) in [4.78, 5) is 11.2. The molecule has 5 unspecified atom stereocenters. The highest BCUT2D eigenvalue weighted by atomic mass is 32.2. The molecule has 5 atom stereocenters. The highest BCUT2D eigenvalue weighted by Crippen LogP contribution is 2.62. The number of carbonyl (C=O) groups is 1. The molecule has 0 aromatic heterocycles. The Hall–Kier alpha value is -0.530. The van der Waals surface area contributed by atoms with E-state index in [4.69, 9.17) is 8.92 Å². The summed E-state index contributed by atoms with van der Waals surface area (Å²) in [6.45, 7) is 5.21. The van der Waals surface area contributed by atoms with E-state index in [1.165, 1.54) is 0 Å². The van der Waals surface area contributed by atoms with Crippen LogP contribution in [0.4, 0.5) is 0 Å². The molecule has 3 rings (SSSR count). The van der Waals surface area contributed by atoms with E-state index in [0.717, 1.165) is 6.08 Å². The third-order valence-corrected chi connectivity index (χ3v) is 7.52. The van der Waals surface area contributed by atoms with Crippen LogP contribution in [0.5, 0.6) is 0 Å². The second-order valence-electron chi connectivity index (χ2n) is 4.68. The van der Waals surface area contributed by atoms with Gasteiger partial charge in [0.15, 0.2) is 0 Å². The van der Waals surface area contributed by atoms with Gasteiger partial charge in [-0.15, -0.1) is 11.8 Å². The van der Waals surface area contributed by atoms with E-state index in [2.05, 4.69) is 6.58 Å². The van der Waals surface area contributed by atoms with E-state index in [1.54, 1.807) is 11.8 Å². The first-order valence-electron chi connectivity index (χ1n) is 5.31. The lowest BCUT2D eigenvalue weighted by atomic mass is 9.85. The minimum absolute atomic E-state index is 0.0103. The smallest absolute Gasteiger partial charge is 0.330 e. The first-order chi connectivity index (χ1) is 7.88. The zero-order valence-corrected chi connectivity index (χ0v) is 10.8. The van der Waals surface area contributed by atoms with Crippen molar-refractivity contribution in [1.82, 2.24) is 0 Å². The Bertz CT molecular complexity index is 499. The van der Waals surface area contributed by atoms with Crippen molar-refractivity contribution >= 4 is 27.8 Å². The summed E-state index contributed by atoms with van der Waals surface area (Å²) in [5, 5.41) is -0.454. The lowest BCUT2D eigenvalue weighted by Gasteiger charge is -2.28. The molecule has 2 bridgehead atoms. The number of fused-ring (bicyclic) bond motifs is 1. The molecule has 5 nitrogen and oxygen atoms in total. The van der Waals surface area contributed by atoms with Crippen LogP contribution in [0.1, 0.15) is 13.3 Å². The van der Waals surface area contributed by atoms with Gasteiger partial charge in [-0.05, 0) is 13.3 Å². The fourth-order valence-corrected chi connectivity index (χ4v) is 7.38. The van der Waals surface area contributed by atoms with Crippen LogP contribution in [0, 0.1) is 0 Å². The van der Waals surface area contributed by atoms with Gasteiger partial charge in [-0.2, -0.15) is 8.42 Å².